The van der Waals surface area contributed by atoms with Crippen LogP contribution in [0.4, 0.5) is 0 Å². The second kappa shape index (κ2) is 10.2. The Bertz CT molecular complexity index is 844. The summed E-state index contributed by atoms with van der Waals surface area (Å²) in [6, 6.07) is 14.1. The predicted molar refractivity (Wildman–Crippen MR) is 104 cm³/mol. The van der Waals surface area contributed by atoms with Crippen LogP contribution < -0.4 is 10.1 Å². The van der Waals surface area contributed by atoms with Crippen molar-refractivity contribution < 1.29 is 19.4 Å². The molecule has 0 spiro atoms. The SMILES string of the molecule is COc1cc(C(=O)O)ccc1CCNC(=O)CSCc1ccc(C#N)cc1. The summed E-state index contributed by atoms with van der Waals surface area (Å²) in [6.45, 7) is 0.443. The van der Waals surface area contributed by atoms with Gasteiger partial charge in [-0.05, 0) is 41.8 Å². The second-order valence-corrected chi connectivity index (χ2v) is 6.72. The first-order chi connectivity index (χ1) is 13.0. The number of hydrogen-bond acceptors (Lipinski definition) is 5. The Labute approximate surface area is 162 Å². The number of ether oxygens (including phenoxy) is 1. The van der Waals surface area contributed by atoms with E-state index in [1.165, 1.54) is 31.0 Å². The van der Waals surface area contributed by atoms with Crippen molar-refractivity contribution in [3.63, 3.8) is 0 Å². The number of thioether (sulfide) groups is 1. The first-order valence-corrected chi connectivity index (χ1v) is 9.42. The van der Waals surface area contributed by atoms with Crippen molar-refractivity contribution in [3.8, 4) is 11.8 Å². The quantitative estimate of drug-likeness (QED) is 0.690. The fourth-order valence-electron chi connectivity index (χ4n) is 2.41. The van der Waals surface area contributed by atoms with E-state index in [0.29, 0.717) is 35.8 Å². The molecule has 2 N–H and O–H groups in total. The van der Waals surface area contributed by atoms with Gasteiger partial charge in [0, 0.05) is 12.3 Å². The molecule has 0 aliphatic rings. The summed E-state index contributed by atoms with van der Waals surface area (Å²) >= 11 is 1.50. The van der Waals surface area contributed by atoms with Gasteiger partial charge in [-0.1, -0.05) is 18.2 Å². The molecule has 0 bridgehead atoms. The summed E-state index contributed by atoms with van der Waals surface area (Å²) < 4.78 is 5.22. The molecule has 27 heavy (non-hydrogen) atoms. The third-order valence-electron chi connectivity index (χ3n) is 3.84. The molecular formula is C20H20N2O4S. The van der Waals surface area contributed by atoms with E-state index < -0.39 is 5.97 Å². The number of benzene rings is 2. The van der Waals surface area contributed by atoms with Gasteiger partial charge < -0.3 is 15.2 Å². The summed E-state index contributed by atoms with van der Waals surface area (Å²) in [5.74, 6) is 0.472. The molecule has 0 unspecified atom stereocenters. The minimum absolute atomic E-state index is 0.0604. The van der Waals surface area contributed by atoms with Gasteiger partial charge in [0.25, 0.3) is 0 Å². The maximum absolute atomic E-state index is 11.9. The summed E-state index contributed by atoms with van der Waals surface area (Å²) in [4.78, 5) is 22.9. The van der Waals surface area contributed by atoms with E-state index in [0.717, 1.165) is 11.1 Å². The minimum atomic E-state index is -1.01. The molecule has 0 saturated carbocycles. The Morgan fingerprint density at radius 1 is 1.22 bits per heavy atom. The van der Waals surface area contributed by atoms with E-state index in [1.807, 2.05) is 12.1 Å². The van der Waals surface area contributed by atoms with Crippen molar-refractivity contribution >= 4 is 23.6 Å². The standard InChI is InChI=1S/C20H20N2O4S/c1-26-18-10-17(20(24)25)7-6-16(18)8-9-22-19(23)13-27-12-15-4-2-14(11-21)3-5-15/h2-7,10H,8-9,12-13H2,1H3,(H,22,23)(H,24,25). The fraction of sp³-hybridized carbons (Fsp3) is 0.250. The predicted octanol–water partition coefficient (Wildman–Crippen LogP) is 2.86. The highest BCUT2D eigenvalue weighted by Crippen LogP contribution is 2.20. The molecule has 0 aromatic heterocycles. The molecule has 0 atom stereocenters. The van der Waals surface area contributed by atoms with Gasteiger partial charge in [-0.2, -0.15) is 5.26 Å². The van der Waals surface area contributed by atoms with Crippen molar-refractivity contribution in [1.29, 1.82) is 5.26 Å². The Balaban J connectivity index is 1.74. The summed E-state index contributed by atoms with van der Waals surface area (Å²) in [7, 11) is 1.49. The topological polar surface area (TPSA) is 99.4 Å². The first kappa shape index (κ1) is 20.3. The number of rotatable bonds is 9. The highest BCUT2D eigenvalue weighted by Gasteiger charge is 2.09. The average molecular weight is 384 g/mol. The van der Waals surface area contributed by atoms with E-state index in [2.05, 4.69) is 11.4 Å². The van der Waals surface area contributed by atoms with Crippen LogP contribution >= 0.6 is 11.8 Å². The number of nitrogens with zero attached hydrogens (tertiary/aromatic N) is 1. The zero-order valence-electron chi connectivity index (χ0n) is 14.9. The highest BCUT2D eigenvalue weighted by molar-refractivity contribution is 7.99. The van der Waals surface area contributed by atoms with Crippen molar-refractivity contribution in [1.82, 2.24) is 5.32 Å². The Morgan fingerprint density at radius 2 is 1.96 bits per heavy atom. The van der Waals surface area contributed by atoms with Crippen molar-refractivity contribution in [2.45, 2.75) is 12.2 Å². The lowest BCUT2D eigenvalue weighted by atomic mass is 10.1. The van der Waals surface area contributed by atoms with Gasteiger partial charge >= 0.3 is 5.97 Å². The van der Waals surface area contributed by atoms with Crippen molar-refractivity contribution in [2.24, 2.45) is 0 Å². The fourth-order valence-corrected chi connectivity index (χ4v) is 3.23. The average Bonchev–Trinajstić information content (AvgIpc) is 2.68. The number of nitrogens with one attached hydrogen (secondary N) is 1. The minimum Gasteiger partial charge on any atom is -0.496 e. The van der Waals surface area contributed by atoms with Gasteiger partial charge in [0.2, 0.25) is 5.91 Å². The molecule has 0 heterocycles. The molecule has 6 nitrogen and oxygen atoms in total. The lowest BCUT2D eigenvalue weighted by Crippen LogP contribution is -2.27. The number of hydrogen-bond donors (Lipinski definition) is 2. The van der Waals surface area contributed by atoms with Crippen LogP contribution in [-0.2, 0) is 17.0 Å². The number of nitriles is 1. The van der Waals surface area contributed by atoms with Crippen LogP contribution in [0.5, 0.6) is 5.75 Å². The first-order valence-electron chi connectivity index (χ1n) is 8.27. The molecule has 0 fully saturated rings. The van der Waals surface area contributed by atoms with E-state index in [4.69, 9.17) is 15.1 Å². The number of methoxy groups -OCH3 is 1. The number of aromatic carboxylic acids is 1. The van der Waals surface area contributed by atoms with Crippen molar-refractivity contribution in [3.05, 3.63) is 64.7 Å². The van der Waals surface area contributed by atoms with Crippen molar-refractivity contribution in [2.75, 3.05) is 19.4 Å². The van der Waals surface area contributed by atoms with Gasteiger partial charge in [-0.25, -0.2) is 4.79 Å². The number of carboxylic acids is 1. The summed E-state index contributed by atoms with van der Waals surface area (Å²) in [5, 5.41) is 20.6. The Morgan fingerprint density at radius 3 is 2.59 bits per heavy atom. The van der Waals surface area contributed by atoms with E-state index in [9.17, 15) is 9.59 Å². The van der Waals surface area contributed by atoms with E-state index in [1.54, 1.807) is 18.2 Å². The van der Waals surface area contributed by atoms with Crippen LogP contribution in [0.1, 0.15) is 27.0 Å². The Kier molecular flexibility index (Phi) is 7.71. The molecule has 0 radical (unpaired) electrons. The summed E-state index contributed by atoms with van der Waals surface area (Å²) in [6.07, 6.45) is 0.551. The molecule has 140 valence electrons. The van der Waals surface area contributed by atoms with E-state index >= 15 is 0 Å². The molecule has 0 aliphatic heterocycles. The van der Waals surface area contributed by atoms with Crippen LogP contribution in [0, 0.1) is 11.3 Å². The zero-order chi connectivity index (χ0) is 19.6. The summed E-state index contributed by atoms with van der Waals surface area (Å²) in [5.41, 5.74) is 2.69. The number of carbonyl (C=O) groups excluding carboxylic acids is 1. The van der Waals surface area contributed by atoms with Crippen LogP contribution in [0.3, 0.4) is 0 Å². The largest absolute Gasteiger partial charge is 0.496 e. The molecule has 1 amide bonds. The van der Waals surface area contributed by atoms with Crippen LogP contribution in [0.15, 0.2) is 42.5 Å². The molecule has 7 heteroatoms. The molecule has 0 saturated heterocycles. The maximum Gasteiger partial charge on any atom is 0.335 e. The molecule has 2 aromatic rings. The smallest absolute Gasteiger partial charge is 0.335 e. The lowest BCUT2D eigenvalue weighted by molar-refractivity contribution is -0.118. The van der Waals surface area contributed by atoms with Gasteiger partial charge in [-0.15, -0.1) is 11.8 Å². The Hall–Kier alpha value is -2.98. The number of carbonyl (C=O) groups is 2. The van der Waals surface area contributed by atoms with Gasteiger partial charge in [-0.3, -0.25) is 4.79 Å². The molecule has 2 rings (SSSR count). The second-order valence-electron chi connectivity index (χ2n) is 5.73. The molecule has 2 aromatic carbocycles. The van der Waals surface area contributed by atoms with Crippen LogP contribution in [-0.4, -0.2) is 36.4 Å². The van der Waals surface area contributed by atoms with Gasteiger partial charge in [0.1, 0.15) is 5.75 Å². The lowest BCUT2D eigenvalue weighted by Gasteiger charge is -2.10. The molecule has 0 aliphatic carbocycles. The van der Waals surface area contributed by atoms with Crippen LogP contribution in [0.25, 0.3) is 0 Å². The maximum atomic E-state index is 11.9. The zero-order valence-corrected chi connectivity index (χ0v) is 15.7. The van der Waals surface area contributed by atoms with E-state index in [-0.39, 0.29) is 11.5 Å². The third-order valence-corrected chi connectivity index (χ3v) is 4.84. The highest BCUT2D eigenvalue weighted by atomic mass is 32.2. The van der Waals surface area contributed by atoms with Gasteiger partial charge in [0.05, 0.1) is 30.1 Å². The monoisotopic (exact) mass is 384 g/mol. The third kappa shape index (κ3) is 6.35. The normalized spacial score (nSPS) is 10.1. The van der Waals surface area contributed by atoms with Crippen LogP contribution in [0.2, 0.25) is 0 Å². The number of amides is 1. The van der Waals surface area contributed by atoms with Gasteiger partial charge in [0.15, 0.2) is 0 Å². The molecular weight excluding hydrogens is 364 g/mol. The number of carboxylic acid groups (broad SMARTS) is 1.